The number of nitrogens with zero attached hydrogens (tertiary/aromatic N) is 2. The maximum atomic E-state index is 6.10. The highest BCUT2D eigenvalue weighted by Crippen LogP contribution is 2.24. The number of hydrogen-bond donors (Lipinski definition) is 3. The van der Waals surface area contributed by atoms with E-state index in [1.807, 2.05) is 0 Å². The number of pyridine rings is 2. The molecule has 0 aliphatic rings. The van der Waals surface area contributed by atoms with Crippen molar-refractivity contribution in [1.29, 1.82) is 0 Å². The fourth-order valence-corrected chi connectivity index (χ4v) is 1.97. The minimum absolute atomic E-state index is 0.204. The first-order chi connectivity index (χ1) is 8.72. The zero-order valence-corrected chi connectivity index (χ0v) is 10.4. The zero-order chi connectivity index (χ0) is 13.0. The summed E-state index contributed by atoms with van der Waals surface area (Å²) >= 11 is 6.10. The van der Waals surface area contributed by atoms with Gasteiger partial charge in [-0.2, -0.15) is 0 Å². The van der Waals surface area contributed by atoms with E-state index in [4.69, 9.17) is 23.2 Å². The predicted molar refractivity (Wildman–Crippen MR) is 71.7 cm³/mol. The molecule has 2 heterocycles. The first-order valence-corrected chi connectivity index (χ1v) is 5.85. The van der Waals surface area contributed by atoms with Crippen LogP contribution in [0, 0.1) is 0 Å². The van der Waals surface area contributed by atoms with E-state index in [1.54, 1.807) is 36.8 Å². The van der Waals surface area contributed by atoms with Gasteiger partial charge >= 0.3 is 0 Å². The van der Waals surface area contributed by atoms with Crippen LogP contribution in [0.25, 0.3) is 0 Å². The average Bonchev–Trinajstić information content (AvgIpc) is 2.39. The summed E-state index contributed by atoms with van der Waals surface area (Å²) in [6.07, 6.45) is 5.62. The number of anilines is 1. The van der Waals surface area contributed by atoms with Crippen LogP contribution in [-0.4, -0.2) is 9.97 Å². The molecule has 2 aromatic heterocycles. The molecule has 0 fully saturated rings. The molecule has 2 aromatic rings. The average molecular weight is 264 g/mol. The lowest BCUT2D eigenvalue weighted by Crippen LogP contribution is -2.30. The number of hydrogen-bond acceptors (Lipinski definition) is 5. The van der Waals surface area contributed by atoms with Gasteiger partial charge in [0.2, 0.25) is 0 Å². The van der Waals surface area contributed by atoms with E-state index in [9.17, 15) is 0 Å². The van der Waals surface area contributed by atoms with E-state index in [0.29, 0.717) is 22.8 Å². The Kier molecular flexibility index (Phi) is 4.09. The van der Waals surface area contributed by atoms with Crippen molar-refractivity contribution in [3.63, 3.8) is 0 Å². The molecule has 18 heavy (non-hydrogen) atoms. The summed E-state index contributed by atoms with van der Waals surface area (Å²) in [6.45, 7) is 0. The summed E-state index contributed by atoms with van der Waals surface area (Å²) in [5.41, 5.74) is 10.9. The molecule has 0 amide bonds. The monoisotopic (exact) mass is 263 g/mol. The zero-order valence-electron chi connectivity index (χ0n) is 9.68. The lowest BCUT2D eigenvalue weighted by Gasteiger charge is -2.17. The molecule has 6 heteroatoms. The number of aromatic nitrogens is 2. The molecular weight excluding hydrogens is 250 g/mol. The molecular formula is C12H14ClN5. The van der Waals surface area contributed by atoms with Gasteiger partial charge in [0.05, 0.1) is 16.8 Å². The number of halogens is 1. The van der Waals surface area contributed by atoms with E-state index < -0.39 is 0 Å². The predicted octanol–water partition coefficient (Wildman–Crippen LogP) is 1.46. The Labute approximate surface area is 110 Å². The van der Waals surface area contributed by atoms with Crippen molar-refractivity contribution in [2.45, 2.75) is 12.5 Å². The smallest absolute Gasteiger partial charge is 0.0775 e. The number of rotatable bonds is 4. The van der Waals surface area contributed by atoms with Crippen molar-refractivity contribution in [3.05, 3.63) is 53.1 Å². The number of nitrogen functional groups attached to an aromatic ring is 1. The Morgan fingerprint density at radius 2 is 2.17 bits per heavy atom. The highest BCUT2D eigenvalue weighted by molar-refractivity contribution is 6.31. The molecule has 0 saturated carbocycles. The molecule has 0 saturated heterocycles. The lowest BCUT2D eigenvalue weighted by molar-refractivity contribution is 0.538. The Morgan fingerprint density at radius 3 is 2.83 bits per heavy atom. The molecule has 0 aliphatic carbocycles. The Hall–Kier alpha value is -1.69. The van der Waals surface area contributed by atoms with Gasteiger partial charge in [-0.05, 0) is 30.2 Å². The van der Waals surface area contributed by atoms with Gasteiger partial charge in [-0.15, -0.1) is 0 Å². The van der Waals surface area contributed by atoms with Crippen LogP contribution in [0.2, 0.25) is 5.02 Å². The van der Waals surface area contributed by atoms with Crippen molar-refractivity contribution in [1.82, 2.24) is 15.4 Å². The summed E-state index contributed by atoms with van der Waals surface area (Å²) in [5, 5.41) is 0.572. The van der Waals surface area contributed by atoms with E-state index >= 15 is 0 Å². The Bertz CT molecular complexity index is 531. The fraction of sp³-hybridized carbons (Fsp3) is 0.167. The largest absolute Gasteiger partial charge is 0.398 e. The van der Waals surface area contributed by atoms with Gasteiger partial charge in [-0.25, -0.2) is 0 Å². The third-order valence-corrected chi connectivity index (χ3v) is 3.00. The minimum Gasteiger partial charge on any atom is -0.398 e. The molecule has 0 spiro atoms. The van der Waals surface area contributed by atoms with Crippen molar-refractivity contribution >= 4 is 17.3 Å². The van der Waals surface area contributed by atoms with Crippen molar-refractivity contribution in [2.75, 3.05) is 5.73 Å². The summed E-state index contributed by atoms with van der Waals surface area (Å²) < 4.78 is 0. The van der Waals surface area contributed by atoms with Gasteiger partial charge in [0.15, 0.2) is 0 Å². The lowest BCUT2D eigenvalue weighted by atomic mass is 10.0. The maximum Gasteiger partial charge on any atom is 0.0775 e. The normalized spacial score (nSPS) is 12.3. The molecule has 1 unspecified atom stereocenters. The third kappa shape index (κ3) is 2.76. The van der Waals surface area contributed by atoms with Crippen LogP contribution in [0.5, 0.6) is 0 Å². The Morgan fingerprint density at radius 1 is 1.33 bits per heavy atom. The van der Waals surface area contributed by atoms with E-state index in [0.717, 1.165) is 5.56 Å². The molecule has 1 atom stereocenters. The number of nitrogens with two attached hydrogens (primary N) is 2. The van der Waals surface area contributed by atoms with Crippen molar-refractivity contribution in [3.8, 4) is 0 Å². The second kappa shape index (κ2) is 5.77. The minimum atomic E-state index is -0.204. The summed E-state index contributed by atoms with van der Waals surface area (Å²) in [5.74, 6) is 5.56. The molecule has 2 rings (SSSR count). The molecule has 0 radical (unpaired) electrons. The SMILES string of the molecule is NNC(Cc1cnccc1N)c1ncccc1Cl. The van der Waals surface area contributed by atoms with E-state index in [1.165, 1.54) is 0 Å². The maximum absolute atomic E-state index is 6.10. The Balaban J connectivity index is 2.26. The van der Waals surface area contributed by atoms with E-state index in [-0.39, 0.29) is 6.04 Å². The van der Waals surface area contributed by atoms with Crippen LogP contribution in [0.3, 0.4) is 0 Å². The molecule has 94 valence electrons. The molecule has 5 N–H and O–H groups in total. The van der Waals surface area contributed by atoms with Crippen LogP contribution < -0.4 is 17.0 Å². The van der Waals surface area contributed by atoms with Crippen LogP contribution in [0.1, 0.15) is 17.3 Å². The topological polar surface area (TPSA) is 89.8 Å². The highest BCUT2D eigenvalue weighted by atomic mass is 35.5. The van der Waals surface area contributed by atoms with Crippen molar-refractivity contribution < 1.29 is 0 Å². The molecule has 5 nitrogen and oxygen atoms in total. The van der Waals surface area contributed by atoms with Crippen molar-refractivity contribution in [2.24, 2.45) is 5.84 Å². The van der Waals surface area contributed by atoms with Gasteiger partial charge in [0.25, 0.3) is 0 Å². The van der Waals surface area contributed by atoms with Gasteiger partial charge in [0, 0.05) is 24.3 Å². The summed E-state index contributed by atoms with van der Waals surface area (Å²) in [6, 6.07) is 5.10. The summed E-state index contributed by atoms with van der Waals surface area (Å²) in [4.78, 5) is 8.29. The quantitative estimate of drug-likeness (QED) is 0.574. The van der Waals surface area contributed by atoms with Gasteiger partial charge in [-0.1, -0.05) is 11.6 Å². The standard InChI is InChI=1S/C12H14ClN5/c13-9-2-1-4-17-12(9)11(18-15)6-8-7-16-5-3-10(8)14/h1-5,7,11,18H,6,15H2,(H2,14,16). The first kappa shape index (κ1) is 12.8. The van der Waals surface area contributed by atoms with Gasteiger partial charge in [0.1, 0.15) is 0 Å². The molecule has 0 aliphatic heterocycles. The fourth-order valence-electron chi connectivity index (χ4n) is 1.72. The second-order valence-electron chi connectivity index (χ2n) is 3.87. The highest BCUT2D eigenvalue weighted by Gasteiger charge is 2.16. The van der Waals surface area contributed by atoms with Crippen LogP contribution in [-0.2, 0) is 6.42 Å². The van der Waals surface area contributed by atoms with Crippen LogP contribution >= 0.6 is 11.6 Å². The van der Waals surface area contributed by atoms with Gasteiger partial charge in [-0.3, -0.25) is 21.2 Å². The molecule has 0 aromatic carbocycles. The first-order valence-electron chi connectivity index (χ1n) is 5.47. The van der Waals surface area contributed by atoms with Crippen LogP contribution in [0.15, 0.2) is 36.8 Å². The third-order valence-electron chi connectivity index (χ3n) is 2.68. The van der Waals surface area contributed by atoms with E-state index in [2.05, 4.69) is 15.4 Å². The number of nitrogens with one attached hydrogen (secondary N) is 1. The number of hydrazine groups is 1. The van der Waals surface area contributed by atoms with Crippen LogP contribution in [0.4, 0.5) is 5.69 Å². The second-order valence-corrected chi connectivity index (χ2v) is 4.28. The summed E-state index contributed by atoms with van der Waals surface area (Å²) in [7, 11) is 0. The molecule has 0 bridgehead atoms. The van der Waals surface area contributed by atoms with Gasteiger partial charge < -0.3 is 5.73 Å².